The minimum Gasteiger partial charge on any atom is -0.475 e. The van der Waals surface area contributed by atoms with Crippen LogP contribution in [0.15, 0.2) is 46.9 Å². The zero-order valence-corrected chi connectivity index (χ0v) is 21.2. The molecule has 0 saturated heterocycles. The van der Waals surface area contributed by atoms with Crippen molar-refractivity contribution in [1.82, 2.24) is 15.0 Å². The molecule has 0 aliphatic heterocycles. The first-order valence-electron chi connectivity index (χ1n) is 10.8. The van der Waals surface area contributed by atoms with Gasteiger partial charge in [0.1, 0.15) is 29.3 Å². The average Bonchev–Trinajstić information content (AvgIpc) is 3.35. The fourth-order valence-corrected chi connectivity index (χ4v) is 5.03. The van der Waals surface area contributed by atoms with Crippen LogP contribution in [0.5, 0.6) is 5.88 Å². The van der Waals surface area contributed by atoms with Crippen LogP contribution in [-0.2, 0) is 5.75 Å². The van der Waals surface area contributed by atoms with E-state index in [1.807, 2.05) is 5.38 Å². The lowest BCUT2D eigenvalue weighted by molar-refractivity contribution is 0.196. The van der Waals surface area contributed by atoms with Gasteiger partial charge in [-0.15, -0.1) is 11.3 Å². The summed E-state index contributed by atoms with van der Waals surface area (Å²) < 4.78 is 19.1. The largest absolute Gasteiger partial charge is 0.475 e. The number of pyridine rings is 2. The lowest BCUT2D eigenvalue weighted by Gasteiger charge is -2.13. The smallest absolute Gasteiger partial charge is 0.237 e. The number of thioether (sulfide) groups is 1. The van der Waals surface area contributed by atoms with E-state index in [2.05, 4.69) is 31.2 Å². The van der Waals surface area contributed by atoms with Gasteiger partial charge in [-0.05, 0) is 36.2 Å². The van der Waals surface area contributed by atoms with Crippen LogP contribution in [-0.4, -0.2) is 33.3 Å². The van der Waals surface area contributed by atoms with E-state index < -0.39 is 0 Å². The maximum Gasteiger partial charge on any atom is 0.237 e. The van der Waals surface area contributed by atoms with Gasteiger partial charge in [-0.1, -0.05) is 17.8 Å². The summed E-state index contributed by atoms with van der Waals surface area (Å²) in [6, 6.07) is 10.3. The summed E-state index contributed by atoms with van der Waals surface area (Å²) in [4.78, 5) is 16.5. The topological polar surface area (TPSA) is 134 Å². The van der Waals surface area contributed by atoms with E-state index in [9.17, 15) is 9.65 Å². The van der Waals surface area contributed by atoms with Crippen LogP contribution in [0.2, 0.25) is 0 Å². The Hall–Kier alpha value is -4.23. The summed E-state index contributed by atoms with van der Waals surface area (Å²) in [5, 5.41) is 24.8. The van der Waals surface area contributed by atoms with E-state index in [0.29, 0.717) is 44.2 Å². The third kappa shape index (κ3) is 5.95. The highest BCUT2D eigenvalue weighted by Gasteiger charge is 2.21. The molecule has 186 valence electrons. The fourth-order valence-electron chi connectivity index (χ4n) is 3.30. The second kappa shape index (κ2) is 11.7. The van der Waals surface area contributed by atoms with E-state index in [1.54, 1.807) is 31.2 Å². The molecule has 0 fully saturated rings. The number of rotatable bonds is 9. The number of anilines is 3. The molecule has 4 N–H and O–H groups in total. The van der Waals surface area contributed by atoms with Gasteiger partial charge >= 0.3 is 0 Å². The van der Waals surface area contributed by atoms with Gasteiger partial charge in [0.25, 0.3) is 0 Å². The molecule has 12 heteroatoms. The van der Waals surface area contributed by atoms with E-state index in [0.717, 1.165) is 5.69 Å². The van der Waals surface area contributed by atoms with Gasteiger partial charge in [0.15, 0.2) is 5.13 Å². The molecule has 0 aliphatic carbocycles. The van der Waals surface area contributed by atoms with Crippen LogP contribution in [0.3, 0.4) is 0 Å². The van der Waals surface area contributed by atoms with Crippen LogP contribution < -0.4 is 15.8 Å². The fraction of sp³-hybridized carbons (Fsp3) is 0.160. The number of nitrogen functional groups attached to an aromatic ring is 1. The average molecular weight is 534 g/mol. The number of aliphatic hydroxyl groups is 1. The Morgan fingerprint density at radius 3 is 2.84 bits per heavy atom. The third-order valence-corrected chi connectivity index (χ3v) is 6.90. The summed E-state index contributed by atoms with van der Waals surface area (Å²) in [6.07, 6.45) is 1.48. The Labute approximate surface area is 220 Å². The van der Waals surface area contributed by atoms with Gasteiger partial charge in [-0.2, -0.15) is 5.26 Å². The number of benzene rings is 1. The van der Waals surface area contributed by atoms with Crippen molar-refractivity contribution in [2.24, 2.45) is 0 Å². The Morgan fingerprint density at radius 1 is 1.32 bits per heavy atom. The molecule has 0 spiro atoms. The highest BCUT2D eigenvalue weighted by molar-refractivity contribution is 7.98. The van der Waals surface area contributed by atoms with Crippen molar-refractivity contribution in [2.75, 3.05) is 24.3 Å². The predicted octanol–water partition coefficient (Wildman–Crippen LogP) is 5.46. The van der Waals surface area contributed by atoms with E-state index >= 15 is 0 Å². The van der Waals surface area contributed by atoms with Crippen LogP contribution in [0.4, 0.5) is 26.7 Å². The zero-order valence-electron chi connectivity index (χ0n) is 19.5. The van der Waals surface area contributed by atoms with Gasteiger partial charge in [-0.3, -0.25) is 0 Å². The molecule has 4 aromatic rings. The number of nitriles is 1. The van der Waals surface area contributed by atoms with E-state index in [4.69, 9.17) is 22.1 Å². The van der Waals surface area contributed by atoms with Crippen molar-refractivity contribution in [1.29, 1.82) is 5.26 Å². The minimum absolute atomic E-state index is 0.00846. The number of thiazole rings is 1. The summed E-state index contributed by atoms with van der Waals surface area (Å²) in [6.45, 7) is 9.23. The molecule has 3 aromatic heterocycles. The molecular formula is C25H20FN7O2S2. The normalized spacial score (nSPS) is 10.5. The first-order valence-corrected chi connectivity index (χ1v) is 12.7. The van der Waals surface area contributed by atoms with E-state index in [1.165, 1.54) is 35.4 Å². The number of hydrogen-bond donors (Lipinski definition) is 3. The highest BCUT2D eigenvalue weighted by atomic mass is 32.2. The van der Waals surface area contributed by atoms with Crippen LogP contribution in [0.25, 0.3) is 16.0 Å². The molecule has 0 atom stereocenters. The van der Waals surface area contributed by atoms with Crippen LogP contribution >= 0.6 is 23.1 Å². The molecule has 0 radical (unpaired) electrons. The maximum atomic E-state index is 13.8. The maximum absolute atomic E-state index is 13.8. The molecule has 0 bridgehead atoms. The number of aryl methyl sites for hydroxylation is 1. The highest BCUT2D eigenvalue weighted by Crippen LogP contribution is 2.41. The summed E-state index contributed by atoms with van der Waals surface area (Å²) in [5.74, 6) is 0.406. The molecule has 0 amide bonds. The summed E-state index contributed by atoms with van der Waals surface area (Å²) in [5.41, 5.74) is 9.12. The quantitative estimate of drug-likeness (QED) is 0.189. The molecule has 4 rings (SSSR count). The van der Waals surface area contributed by atoms with Crippen molar-refractivity contribution < 1.29 is 14.2 Å². The van der Waals surface area contributed by atoms with E-state index in [-0.39, 0.29) is 36.1 Å². The SMILES string of the molecule is [C-]#[N+]c1c(N)nc(SCc2csc(Nc3ccc(C)c(F)c3)n2)c(C#N)c1-c1ccc(OCCO)nc1. The number of nitrogens with zero attached hydrogens (tertiary/aromatic N) is 5. The van der Waals surface area contributed by atoms with Crippen LogP contribution in [0, 0.1) is 30.6 Å². The molecule has 3 heterocycles. The summed E-state index contributed by atoms with van der Waals surface area (Å²) >= 11 is 2.64. The molecule has 1 aromatic carbocycles. The molecule has 0 saturated carbocycles. The Kier molecular flexibility index (Phi) is 8.15. The predicted molar refractivity (Wildman–Crippen MR) is 142 cm³/mol. The zero-order chi connectivity index (χ0) is 26.4. The Morgan fingerprint density at radius 2 is 2.16 bits per heavy atom. The second-order valence-corrected chi connectivity index (χ2v) is 9.43. The van der Waals surface area contributed by atoms with Crippen molar-refractivity contribution in [3.63, 3.8) is 0 Å². The Balaban J connectivity index is 1.57. The minimum atomic E-state index is -0.300. The third-order valence-electron chi connectivity index (χ3n) is 5.09. The molecule has 37 heavy (non-hydrogen) atoms. The van der Waals surface area contributed by atoms with Crippen molar-refractivity contribution >= 4 is 45.4 Å². The second-order valence-electron chi connectivity index (χ2n) is 7.60. The number of aliphatic hydroxyl groups excluding tert-OH is 1. The number of aromatic nitrogens is 3. The van der Waals surface area contributed by atoms with Crippen molar-refractivity contribution in [3.8, 4) is 23.1 Å². The number of nitrogens with one attached hydrogen (secondary N) is 1. The van der Waals surface area contributed by atoms with Gasteiger partial charge < -0.3 is 20.9 Å². The lowest BCUT2D eigenvalue weighted by atomic mass is 10.0. The molecular weight excluding hydrogens is 513 g/mol. The molecule has 0 aliphatic rings. The monoisotopic (exact) mass is 533 g/mol. The number of halogens is 1. The first kappa shape index (κ1) is 25.9. The van der Waals surface area contributed by atoms with Gasteiger partial charge in [-0.25, -0.2) is 24.2 Å². The van der Waals surface area contributed by atoms with Crippen molar-refractivity contribution in [3.05, 3.63) is 76.0 Å². The van der Waals surface area contributed by atoms with Gasteiger partial charge in [0.2, 0.25) is 11.6 Å². The van der Waals surface area contributed by atoms with Gasteiger partial charge in [0.05, 0.1) is 24.4 Å². The number of ether oxygens (including phenoxy) is 1. The number of nitrogens with two attached hydrogens (primary N) is 1. The number of hydrogen-bond acceptors (Lipinski definition) is 10. The van der Waals surface area contributed by atoms with Crippen LogP contribution in [0.1, 0.15) is 16.8 Å². The molecule has 0 unspecified atom stereocenters. The lowest BCUT2D eigenvalue weighted by Crippen LogP contribution is -2.03. The summed E-state index contributed by atoms with van der Waals surface area (Å²) in [7, 11) is 0. The standard InChI is InChI=1S/C25H20FN7O2S2/c1-14-3-5-16(9-19(14)26)31-25-32-17(13-37-25)12-36-24-18(10-27)21(22(29-2)23(28)33-24)15-4-6-20(30-11-15)35-8-7-34/h3-6,9,11,13,34H,7-8,12H2,1H3,(H2,28,33)(H,31,32). The first-order chi connectivity index (χ1) is 17.9. The Bertz CT molecular complexity index is 1510. The van der Waals surface area contributed by atoms with Gasteiger partial charge in [0, 0.05) is 34.6 Å². The molecule has 9 nitrogen and oxygen atoms in total. The van der Waals surface area contributed by atoms with Crippen molar-refractivity contribution in [2.45, 2.75) is 17.7 Å².